The van der Waals surface area contributed by atoms with Gasteiger partial charge in [0.2, 0.25) is 17.7 Å². The molecule has 8 heteroatoms. The number of amides is 3. The first kappa shape index (κ1) is 21.8. The molecule has 0 spiro atoms. The van der Waals surface area contributed by atoms with Crippen LogP contribution in [0.5, 0.6) is 0 Å². The van der Waals surface area contributed by atoms with E-state index < -0.39 is 35.6 Å². The van der Waals surface area contributed by atoms with Crippen molar-refractivity contribution >= 4 is 40.3 Å². The zero-order valence-corrected chi connectivity index (χ0v) is 17.4. The van der Waals surface area contributed by atoms with Gasteiger partial charge in [-0.1, -0.05) is 24.3 Å². The minimum absolute atomic E-state index is 0.153. The molecular formula is C20H21FIN3O3. The highest BCUT2D eigenvalue weighted by atomic mass is 127. The Morgan fingerprint density at radius 1 is 1.00 bits per heavy atom. The van der Waals surface area contributed by atoms with Gasteiger partial charge in [-0.05, 0) is 58.0 Å². The third-order valence-corrected chi connectivity index (χ3v) is 4.71. The Bertz CT molecular complexity index is 858. The summed E-state index contributed by atoms with van der Waals surface area (Å²) >= 11 is 2.16. The molecule has 2 atom stereocenters. The van der Waals surface area contributed by atoms with Crippen LogP contribution in [-0.4, -0.2) is 29.8 Å². The monoisotopic (exact) mass is 497 g/mol. The molecule has 3 amide bonds. The van der Waals surface area contributed by atoms with Crippen LogP contribution in [0.1, 0.15) is 18.1 Å². The summed E-state index contributed by atoms with van der Waals surface area (Å²) in [5.41, 5.74) is 6.98. The number of rotatable bonds is 8. The van der Waals surface area contributed by atoms with E-state index in [4.69, 9.17) is 5.73 Å². The van der Waals surface area contributed by atoms with Crippen LogP contribution >= 0.6 is 22.6 Å². The number of carbonyl (C=O) groups is 3. The molecule has 28 heavy (non-hydrogen) atoms. The third-order valence-electron chi connectivity index (χ3n) is 4.04. The Labute approximate surface area is 176 Å². The van der Waals surface area contributed by atoms with E-state index >= 15 is 0 Å². The number of hydrogen-bond acceptors (Lipinski definition) is 3. The Hall–Kier alpha value is -2.49. The average Bonchev–Trinajstić information content (AvgIpc) is 2.62. The van der Waals surface area contributed by atoms with Gasteiger partial charge in [-0.15, -0.1) is 0 Å². The lowest BCUT2D eigenvalue weighted by molar-refractivity contribution is -0.130. The SMILES string of the molecule is CC(=O)N[C@@H](Cc1ccc(F)cc1)C(=O)N[C@H](Cc1cccc(I)c1)C(N)=O. The van der Waals surface area contributed by atoms with Crippen LogP contribution < -0.4 is 16.4 Å². The first-order chi connectivity index (χ1) is 13.2. The van der Waals surface area contributed by atoms with Crippen LogP contribution in [0.25, 0.3) is 0 Å². The van der Waals surface area contributed by atoms with Gasteiger partial charge < -0.3 is 16.4 Å². The smallest absolute Gasteiger partial charge is 0.243 e. The molecule has 4 N–H and O–H groups in total. The minimum atomic E-state index is -0.921. The van der Waals surface area contributed by atoms with Crippen molar-refractivity contribution in [3.63, 3.8) is 0 Å². The number of benzene rings is 2. The first-order valence-electron chi connectivity index (χ1n) is 8.60. The number of nitrogens with one attached hydrogen (secondary N) is 2. The molecule has 0 saturated heterocycles. The zero-order chi connectivity index (χ0) is 20.7. The van der Waals surface area contributed by atoms with E-state index in [1.165, 1.54) is 31.2 Å². The van der Waals surface area contributed by atoms with Crippen LogP contribution in [0.3, 0.4) is 0 Å². The highest BCUT2D eigenvalue weighted by molar-refractivity contribution is 14.1. The Kier molecular flexibility index (Phi) is 7.91. The van der Waals surface area contributed by atoms with Crippen LogP contribution in [0.2, 0.25) is 0 Å². The zero-order valence-electron chi connectivity index (χ0n) is 15.2. The quantitative estimate of drug-likeness (QED) is 0.484. The van der Waals surface area contributed by atoms with Gasteiger partial charge in [0.15, 0.2) is 0 Å². The second-order valence-corrected chi connectivity index (χ2v) is 7.63. The van der Waals surface area contributed by atoms with Gasteiger partial charge in [-0.2, -0.15) is 0 Å². The van der Waals surface area contributed by atoms with Crippen molar-refractivity contribution in [3.05, 3.63) is 69.0 Å². The number of halogens is 2. The van der Waals surface area contributed by atoms with Gasteiger partial charge in [-0.3, -0.25) is 14.4 Å². The molecule has 2 rings (SSSR count). The van der Waals surface area contributed by atoms with Crippen molar-refractivity contribution < 1.29 is 18.8 Å². The molecule has 0 saturated carbocycles. The summed E-state index contributed by atoms with van der Waals surface area (Å²) in [5.74, 6) is -1.99. The van der Waals surface area contributed by atoms with E-state index in [2.05, 4.69) is 33.2 Å². The highest BCUT2D eigenvalue weighted by Crippen LogP contribution is 2.11. The fourth-order valence-electron chi connectivity index (χ4n) is 2.71. The number of hydrogen-bond donors (Lipinski definition) is 3. The van der Waals surface area contributed by atoms with Gasteiger partial charge in [0.05, 0.1) is 0 Å². The molecule has 0 aliphatic carbocycles. The first-order valence-corrected chi connectivity index (χ1v) is 9.68. The summed E-state index contributed by atoms with van der Waals surface area (Å²) in [6, 6.07) is 11.3. The van der Waals surface area contributed by atoms with Gasteiger partial charge in [0, 0.05) is 23.3 Å². The molecule has 2 aromatic rings. The van der Waals surface area contributed by atoms with E-state index in [1.807, 2.05) is 24.3 Å². The summed E-state index contributed by atoms with van der Waals surface area (Å²) in [7, 11) is 0. The van der Waals surface area contributed by atoms with Crippen LogP contribution in [-0.2, 0) is 27.2 Å². The summed E-state index contributed by atoms with van der Waals surface area (Å²) in [6.07, 6.45) is 0.391. The summed E-state index contributed by atoms with van der Waals surface area (Å²) in [6.45, 7) is 1.29. The summed E-state index contributed by atoms with van der Waals surface area (Å²) in [4.78, 5) is 36.1. The van der Waals surface area contributed by atoms with E-state index in [0.29, 0.717) is 5.56 Å². The molecule has 0 heterocycles. The number of carbonyl (C=O) groups excluding carboxylic acids is 3. The van der Waals surface area contributed by atoms with E-state index in [0.717, 1.165) is 9.13 Å². The molecular weight excluding hydrogens is 476 g/mol. The summed E-state index contributed by atoms with van der Waals surface area (Å²) < 4.78 is 14.1. The molecule has 0 aliphatic heterocycles. The molecule has 0 radical (unpaired) electrons. The van der Waals surface area contributed by atoms with Crippen molar-refractivity contribution in [2.75, 3.05) is 0 Å². The lowest BCUT2D eigenvalue weighted by Gasteiger charge is -2.22. The highest BCUT2D eigenvalue weighted by Gasteiger charge is 2.25. The van der Waals surface area contributed by atoms with E-state index in [1.54, 1.807) is 0 Å². The number of nitrogens with two attached hydrogens (primary N) is 1. The maximum atomic E-state index is 13.1. The number of primary amides is 1. The van der Waals surface area contributed by atoms with Crippen LogP contribution in [0, 0.1) is 9.39 Å². The third kappa shape index (κ3) is 6.91. The lowest BCUT2D eigenvalue weighted by atomic mass is 10.0. The maximum Gasteiger partial charge on any atom is 0.243 e. The van der Waals surface area contributed by atoms with Crippen molar-refractivity contribution in [3.8, 4) is 0 Å². The molecule has 0 aromatic heterocycles. The summed E-state index contributed by atoms with van der Waals surface area (Å²) in [5, 5.41) is 5.18. The second-order valence-electron chi connectivity index (χ2n) is 6.38. The van der Waals surface area contributed by atoms with Crippen molar-refractivity contribution in [1.82, 2.24) is 10.6 Å². The molecule has 6 nitrogen and oxygen atoms in total. The van der Waals surface area contributed by atoms with E-state index in [9.17, 15) is 18.8 Å². The van der Waals surface area contributed by atoms with Crippen molar-refractivity contribution in [1.29, 1.82) is 0 Å². The van der Waals surface area contributed by atoms with Crippen molar-refractivity contribution in [2.45, 2.75) is 31.8 Å². The van der Waals surface area contributed by atoms with Crippen molar-refractivity contribution in [2.24, 2.45) is 5.73 Å². The fourth-order valence-corrected chi connectivity index (χ4v) is 3.31. The standard InChI is InChI=1S/C20H21FIN3O3/c1-12(26)24-18(10-13-5-7-15(21)8-6-13)20(28)25-17(19(23)27)11-14-3-2-4-16(22)9-14/h2-9,17-18H,10-11H2,1H3,(H2,23,27)(H,24,26)(H,25,28)/t17-,18+/m1/s1. The molecule has 0 fully saturated rings. The fraction of sp³-hybridized carbons (Fsp3) is 0.250. The average molecular weight is 497 g/mol. The van der Waals surface area contributed by atoms with E-state index in [-0.39, 0.29) is 12.8 Å². The molecule has 2 aromatic carbocycles. The van der Waals surface area contributed by atoms with Crippen LogP contribution in [0.4, 0.5) is 4.39 Å². The van der Waals surface area contributed by atoms with Gasteiger partial charge in [-0.25, -0.2) is 4.39 Å². The lowest BCUT2D eigenvalue weighted by Crippen LogP contribution is -2.54. The normalized spacial score (nSPS) is 12.7. The largest absolute Gasteiger partial charge is 0.368 e. The van der Waals surface area contributed by atoms with Gasteiger partial charge >= 0.3 is 0 Å². The molecule has 0 unspecified atom stereocenters. The van der Waals surface area contributed by atoms with Gasteiger partial charge in [0.1, 0.15) is 17.9 Å². The molecule has 148 valence electrons. The Morgan fingerprint density at radius 2 is 1.64 bits per heavy atom. The Balaban J connectivity index is 2.12. The second kappa shape index (κ2) is 10.2. The molecule has 0 bridgehead atoms. The maximum absolute atomic E-state index is 13.1. The predicted molar refractivity (Wildman–Crippen MR) is 112 cm³/mol. The van der Waals surface area contributed by atoms with Gasteiger partial charge in [0.25, 0.3) is 0 Å². The molecule has 0 aliphatic rings. The Morgan fingerprint density at radius 3 is 2.21 bits per heavy atom. The minimum Gasteiger partial charge on any atom is -0.368 e. The predicted octanol–water partition coefficient (Wildman–Crippen LogP) is 1.69. The topological polar surface area (TPSA) is 101 Å². The van der Waals surface area contributed by atoms with Crippen LogP contribution in [0.15, 0.2) is 48.5 Å².